The molecule has 3 rings (SSSR count). The summed E-state index contributed by atoms with van der Waals surface area (Å²) in [7, 11) is 0. The Bertz CT molecular complexity index is 899. The van der Waals surface area contributed by atoms with Gasteiger partial charge in [0.25, 0.3) is 5.69 Å². The van der Waals surface area contributed by atoms with Crippen LogP contribution in [0.15, 0.2) is 42.5 Å². The maximum absolute atomic E-state index is 13.9. The van der Waals surface area contributed by atoms with Crippen LogP contribution < -0.4 is 4.90 Å². The first-order valence-corrected chi connectivity index (χ1v) is 8.08. The number of rotatable bonds is 4. The summed E-state index contributed by atoms with van der Waals surface area (Å²) < 4.78 is 19.2. The van der Waals surface area contributed by atoms with Crippen molar-refractivity contribution in [2.24, 2.45) is 0 Å². The Balaban J connectivity index is 2.00. The minimum Gasteiger partial charge on any atom is -0.378 e. The number of ether oxygens (including phenoxy) is 1. The summed E-state index contributed by atoms with van der Waals surface area (Å²) in [5.41, 5.74) is 1.20. The molecule has 2 aromatic carbocycles. The second kappa shape index (κ2) is 7.76. The molecule has 26 heavy (non-hydrogen) atoms. The minimum atomic E-state index is -0.514. The third-order valence-electron chi connectivity index (χ3n) is 4.14. The van der Waals surface area contributed by atoms with E-state index < -0.39 is 10.7 Å². The van der Waals surface area contributed by atoms with E-state index in [1.807, 2.05) is 11.0 Å². The highest BCUT2D eigenvalue weighted by Crippen LogP contribution is 2.31. The lowest BCUT2D eigenvalue weighted by atomic mass is 10.0. The zero-order chi connectivity index (χ0) is 18.5. The van der Waals surface area contributed by atoms with E-state index in [1.165, 1.54) is 30.3 Å². The first kappa shape index (κ1) is 17.6. The smallest absolute Gasteiger partial charge is 0.293 e. The number of nitriles is 1. The molecule has 1 fully saturated rings. The number of hydrogen-bond donors (Lipinski definition) is 0. The molecule has 0 atom stereocenters. The summed E-state index contributed by atoms with van der Waals surface area (Å²) in [6.07, 6.45) is 1.45. The van der Waals surface area contributed by atoms with E-state index in [0.29, 0.717) is 37.6 Å². The van der Waals surface area contributed by atoms with E-state index in [2.05, 4.69) is 0 Å². The number of halogens is 1. The molecule has 6 nitrogen and oxygen atoms in total. The van der Waals surface area contributed by atoms with Crippen LogP contribution in [0.4, 0.5) is 15.8 Å². The molecule has 0 aliphatic carbocycles. The number of nitro benzene ring substituents is 1. The lowest BCUT2D eigenvalue weighted by molar-refractivity contribution is -0.384. The quantitative estimate of drug-likeness (QED) is 0.363. The highest BCUT2D eigenvalue weighted by molar-refractivity contribution is 5.90. The molecule has 0 aromatic heterocycles. The van der Waals surface area contributed by atoms with Crippen LogP contribution >= 0.6 is 0 Å². The van der Waals surface area contributed by atoms with E-state index >= 15 is 0 Å². The lowest BCUT2D eigenvalue weighted by Gasteiger charge is -2.28. The zero-order valence-corrected chi connectivity index (χ0v) is 13.9. The number of allylic oxidation sites excluding steroid dienone is 1. The summed E-state index contributed by atoms with van der Waals surface area (Å²) in [4.78, 5) is 13.0. The molecule has 1 saturated heterocycles. The van der Waals surface area contributed by atoms with Gasteiger partial charge in [-0.3, -0.25) is 10.1 Å². The molecule has 0 saturated carbocycles. The van der Waals surface area contributed by atoms with Crippen LogP contribution in [-0.2, 0) is 4.74 Å². The summed E-state index contributed by atoms with van der Waals surface area (Å²) in [6, 6.07) is 12.7. The van der Waals surface area contributed by atoms with Gasteiger partial charge in [-0.25, -0.2) is 4.39 Å². The minimum absolute atomic E-state index is 0.0496. The van der Waals surface area contributed by atoms with Crippen molar-refractivity contribution in [1.29, 1.82) is 5.26 Å². The fourth-order valence-corrected chi connectivity index (χ4v) is 2.86. The van der Waals surface area contributed by atoms with Gasteiger partial charge in [0.1, 0.15) is 11.5 Å². The van der Waals surface area contributed by atoms with Gasteiger partial charge >= 0.3 is 0 Å². The first-order valence-electron chi connectivity index (χ1n) is 8.08. The Kier molecular flexibility index (Phi) is 5.25. The molecule has 2 aromatic rings. The van der Waals surface area contributed by atoms with Crippen molar-refractivity contribution in [3.8, 4) is 6.07 Å². The maximum atomic E-state index is 13.9. The van der Waals surface area contributed by atoms with Crippen molar-refractivity contribution < 1.29 is 14.1 Å². The Morgan fingerprint density at radius 1 is 1.27 bits per heavy atom. The van der Waals surface area contributed by atoms with Crippen molar-refractivity contribution in [2.45, 2.75) is 0 Å². The van der Waals surface area contributed by atoms with Crippen molar-refractivity contribution in [3.63, 3.8) is 0 Å². The molecule has 132 valence electrons. The number of benzene rings is 2. The van der Waals surface area contributed by atoms with E-state index in [4.69, 9.17) is 4.74 Å². The fourth-order valence-electron chi connectivity index (χ4n) is 2.86. The Morgan fingerprint density at radius 2 is 2.00 bits per heavy atom. The average Bonchev–Trinajstić information content (AvgIpc) is 2.67. The molecule has 0 spiro atoms. The molecule has 0 N–H and O–H groups in total. The fraction of sp³-hybridized carbons (Fsp3) is 0.211. The van der Waals surface area contributed by atoms with Crippen LogP contribution in [-0.4, -0.2) is 31.2 Å². The van der Waals surface area contributed by atoms with Gasteiger partial charge in [-0.2, -0.15) is 5.26 Å². The largest absolute Gasteiger partial charge is 0.378 e. The first-order chi connectivity index (χ1) is 12.6. The Morgan fingerprint density at radius 3 is 2.65 bits per heavy atom. The van der Waals surface area contributed by atoms with Crippen LogP contribution in [0.5, 0.6) is 0 Å². The van der Waals surface area contributed by atoms with Gasteiger partial charge < -0.3 is 9.64 Å². The average molecular weight is 353 g/mol. The Labute approximate surface area is 149 Å². The number of nitrogens with zero attached hydrogens (tertiary/aromatic N) is 3. The van der Waals surface area contributed by atoms with Crippen LogP contribution in [0, 0.1) is 27.3 Å². The molecule has 7 heteroatoms. The van der Waals surface area contributed by atoms with Crippen molar-refractivity contribution >= 4 is 23.0 Å². The van der Waals surface area contributed by atoms with Gasteiger partial charge in [0.2, 0.25) is 0 Å². The lowest BCUT2D eigenvalue weighted by Crippen LogP contribution is -2.36. The van der Waals surface area contributed by atoms with E-state index in [-0.39, 0.29) is 16.8 Å². The van der Waals surface area contributed by atoms with Crippen molar-refractivity contribution in [1.82, 2.24) is 0 Å². The van der Waals surface area contributed by atoms with Gasteiger partial charge in [0.15, 0.2) is 0 Å². The number of hydrogen-bond acceptors (Lipinski definition) is 5. The topological polar surface area (TPSA) is 79.4 Å². The summed E-state index contributed by atoms with van der Waals surface area (Å²) in [5, 5.41) is 20.9. The van der Waals surface area contributed by atoms with Crippen LogP contribution in [0.1, 0.15) is 11.1 Å². The van der Waals surface area contributed by atoms with Crippen molar-refractivity contribution in [3.05, 3.63) is 69.5 Å². The molecular weight excluding hydrogens is 337 g/mol. The van der Waals surface area contributed by atoms with Crippen LogP contribution in [0.3, 0.4) is 0 Å². The summed E-state index contributed by atoms with van der Waals surface area (Å²) in [6.45, 7) is 2.19. The molecule has 0 unspecified atom stereocenters. The van der Waals surface area contributed by atoms with E-state index in [9.17, 15) is 19.8 Å². The standard InChI is InChI=1S/C19H16FN3O3/c20-17-4-2-1-3-16(17)15(13-21)11-14-5-6-18(19(12-14)23(24)25)22-7-9-26-10-8-22/h1-6,11-12H,7-10H2. The predicted molar refractivity (Wildman–Crippen MR) is 96.0 cm³/mol. The van der Waals surface area contributed by atoms with Crippen LogP contribution in [0.25, 0.3) is 11.6 Å². The van der Waals surface area contributed by atoms with Gasteiger partial charge in [0, 0.05) is 24.7 Å². The van der Waals surface area contributed by atoms with Gasteiger partial charge in [-0.1, -0.05) is 24.3 Å². The second-order valence-corrected chi connectivity index (χ2v) is 5.75. The zero-order valence-electron chi connectivity index (χ0n) is 13.9. The van der Waals surface area contributed by atoms with Crippen LogP contribution in [0.2, 0.25) is 0 Å². The van der Waals surface area contributed by atoms with Crippen molar-refractivity contribution in [2.75, 3.05) is 31.2 Å². The number of anilines is 1. The van der Waals surface area contributed by atoms with Gasteiger partial charge in [-0.15, -0.1) is 0 Å². The normalized spacial score (nSPS) is 14.8. The maximum Gasteiger partial charge on any atom is 0.293 e. The molecule has 0 amide bonds. The highest BCUT2D eigenvalue weighted by atomic mass is 19.1. The van der Waals surface area contributed by atoms with E-state index in [0.717, 1.165) is 0 Å². The molecule has 1 heterocycles. The third-order valence-corrected chi connectivity index (χ3v) is 4.14. The third kappa shape index (κ3) is 3.71. The second-order valence-electron chi connectivity index (χ2n) is 5.75. The number of morpholine rings is 1. The Hall–Kier alpha value is -3.24. The molecular formula is C19H16FN3O3. The van der Waals surface area contributed by atoms with E-state index in [1.54, 1.807) is 18.2 Å². The molecule has 0 radical (unpaired) electrons. The molecule has 1 aliphatic heterocycles. The summed E-state index contributed by atoms with van der Waals surface area (Å²) >= 11 is 0. The monoisotopic (exact) mass is 353 g/mol. The highest BCUT2D eigenvalue weighted by Gasteiger charge is 2.21. The predicted octanol–water partition coefficient (Wildman–Crippen LogP) is 3.63. The van der Waals surface area contributed by atoms with Gasteiger partial charge in [-0.05, 0) is 23.8 Å². The summed E-state index contributed by atoms with van der Waals surface area (Å²) in [5.74, 6) is -0.514. The number of nitro groups is 1. The molecule has 0 bridgehead atoms. The van der Waals surface area contributed by atoms with Gasteiger partial charge in [0.05, 0.1) is 29.8 Å². The SMILES string of the molecule is N#CC(=Cc1ccc(N2CCOCC2)c([N+](=O)[O-])c1)c1ccccc1F. The molecule has 1 aliphatic rings.